The Balaban J connectivity index is 1.67. The van der Waals surface area contributed by atoms with Gasteiger partial charge in [0.1, 0.15) is 12.6 Å². The smallest absolute Gasteiger partial charge is 0.264 e. The van der Waals surface area contributed by atoms with Crippen LogP contribution in [0, 0.1) is 0 Å². The van der Waals surface area contributed by atoms with E-state index in [1.54, 1.807) is 37.3 Å². The Morgan fingerprint density at radius 2 is 1.61 bits per heavy atom. The second-order valence-electron chi connectivity index (χ2n) is 10.5. The van der Waals surface area contributed by atoms with Crippen LogP contribution in [0.1, 0.15) is 57.1 Å². The van der Waals surface area contributed by atoms with Gasteiger partial charge in [-0.15, -0.1) is 0 Å². The highest BCUT2D eigenvalue weighted by atomic mass is 79.9. The normalized spacial score (nSPS) is 14.7. The Labute approximate surface area is 252 Å². The van der Waals surface area contributed by atoms with Gasteiger partial charge in [-0.1, -0.05) is 84.6 Å². The first-order valence-corrected chi connectivity index (χ1v) is 16.4. The van der Waals surface area contributed by atoms with Crippen LogP contribution < -0.4 is 9.62 Å². The summed E-state index contributed by atoms with van der Waals surface area (Å²) < 4.78 is 29.8. The molecule has 1 atom stereocenters. The van der Waals surface area contributed by atoms with Gasteiger partial charge in [0.15, 0.2) is 0 Å². The van der Waals surface area contributed by atoms with E-state index >= 15 is 0 Å². The van der Waals surface area contributed by atoms with Crippen LogP contribution in [-0.2, 0) is 32.6 Å². The van der Waals surface area contributed by atoms with Crippen LogP contribution in [0.4, 0.5) is 5.69 Å². The number of nitrogens with zero attached hydrogens (tertiary/aromatic N) is 2. The highest BCUT2D eigenvalue weighted by Gasteiger charge is 2.33. The van der Waals surface area contributed by atoms with E-state index in [-0.39, 0.29) is 23.4 Å². The molecule has 1 saturated carbocycles. The van der Waals surface area contributed by atoms with Gasteiger partial charge in [0.05, 0.1) is 10.6 Å². The maximum Gasteiger partial charge on any atom is 0.264 e. The number of rotatable bonds is 11. The lowest BCUT2D eigenvalue weighted by atomic mass is 9.95. The number of nitrogens with one attached hydrogen (secondary N) is 1. The predicted molar refractivity (Wildman–Crippen MR) is 166 cm³/mol. The fourth-order valence-corrected chi connectivity index (χ4v) is 7.01. The first-order chi connectivity index (χ1) is 19.7. The molecule has 1 aliphatic carbocycles. The third-order valence-electron chi connectivity index (χ3n) is 7.60. The summed E-state index contributed by atoms with van der Waals surface area (Å²) in [7, 11) is -4.07. The van der Waals surface area contributed by atoms with Crippen LogP contribution in [0.5, 0.6) is 0 Å². The van der Waals surface area contributed by atoms with Gasteiger partial charge in [0, 0.05) is 17.1 Å². The molecular formula is C32H38BrN3O4S. The third kappa shape index (κ3) is 7.98. The summed E-state index contributed by atoms with van der Waals surface area (Å²) in [5.74, 6) is -0.694. The van der Waals surface area contributed by atoms with Crippen molar-refractivity contribution in [3.63, 3.8) is 0 Å². The van der Waals surface area contributed by atoms with Crippen LogP contribution in [0.3, 0.4) is 0 Å². The van der Waals surface area contributed by atoms with Crippen LogP contribution in [-0.4, -0.2) is 43.8 Å². The zero-order chi connectivity index (χ0) is 29.4. The Bertz CT molecular complexity index is 1420. The summed E-state index contributed by atoms with van der Waals surface area (Å²) in [5, 5.41) is 3.13. The molecular weight excluding hydrogens is 602 g/mol. The molecule has 2 amide bonds. The van der Waals surface area contributed by atoms with E-state index in [0.717, 1.165) is 52.0 Å². The Kier molecular flexibility index (Phi) is 10.6. The average molecular weight is 641 g/mol. The average Bonchev–Trinajstić information content (AvgIpc) is 2.99. The monoisotopic (exact) mass is 639 g/mol. The first kappa shape index (κ1) is 30.8. The molecule has 0 spiro atoms. The molecule has 0 bridgehead atoms. The number of amides is 2. The SMILES string of the molecule is CCc1ccc(N(CC(=O)N(Cc2cccc(Br)c2)C(C)C(=O)NC2CCCCC2)S(=O)(=O)c2ccccc2)cc1. The van der Waals surface area contributed by atoms with Crippen molar-refractivity contribution in [2.75, 3.05) is 10.8 Å². The van der Waals surface area contributed by atoms with Gasteiger partial charge >= 0.3 is 0 Å². The zero-order valence-corrected chi connectivity index (χ0v) is 26.0. The van der Waals surface area contributed by atoms with Gasteiger partial charge in [-0.3, -0.25) is 13.9 Å². The number of hydrogen-bond donors (Lipinski definition) is 1. The second kappa shape index (κ2) is 14.1. The van der Waals surface area contributed by atoms with E-state index in [4.69, 9.17) is 0 Å². The van der Waals surface area contributed by atoms with E-state index < -0.39 is 28.5 Å². The van der Waals surface area contributed by atoms with E-state index in [1.165, 1.54) is 23.5 Å². The molecule has 3 aromatic carbocycles. The fraction of sp³-hybridized carbons (Fsp3) is 0.375. The van der Waals surface area contributed by atoms with Gasteiger partial charge in [-0.25, -0.2) is 8.42 Å². The minimum absolute atomic E-state index is 0.0913. The maximum absolute atomic E-state index is 14.1. The second-order valence-corrected chi connectivity index (χ2v) is 13.3. The number of carbonyl (C=O) groups is 2. The van der Waals surface area contributed by atoms with Crippen molar-refractivity contribution < 1.29 is 18.0 Å². The topological polar surface area (TPSA) is 86.8 Å². The number of halogens is 1. The number of sulfonamides is 1. The van der Waals surface area contributed by atoms with Gasteiger partial charge in [0.25, 0.3) is 10.0 Å². The van der Waals surface area contributed by atoms with Crippen molar-refractivity contribution in [3.8, 4) is 0 Å². The summed E-state index contributed by atoms with van der Waals surface area (Å²) in [5.41, 5.74) is 2.28. The molecule has 0 aromatic heterocycles. The summed E-state index contributed by atoms with van der Waals surface area (Å²) in [6.45, 7) is 3.44. The minimum atomic E-state index is -4.07. The molecule has 0 radical (unpaired) electrons. The van der Waals surface area contributed by atoms with Crippen LogP contribution in [0.2, 0.25) is 0 Å². The quantitative estimate of drug-likeness (QED) is 0.276. The van der Waals surface area contributed by atoms with Crippen molar-refractivity contribution in [1.29, 1.82) is 0 Å². The molecule has 1 N–H and O–H groups in total. The van der Waals surface area contributed by atoms with E-state index in [1.807, 2.05) is 43.3 Å². The standard InChI is InChI=1S/C32H38BrN3O4S/c1-3-25-17-19-29(20-18-25)36(41(39,40)30-15-8-5-9-16-30)23-31(37)35(22-26-11-10-12-27(33)21-26)24(2)32(38)34-28-13-6-4-7-14-28/h5,8-12,15-21,24,28H,3-4,6-7,13-14,22-23H2,1-2H3,(H,34,38). The molecule has 7 nitrogen and oxygen atoms in total. The van der Waals surface area contributed by atoms with Gasteiger partial charge in [-0.05, 0) is 73.7 Å². The first-order valence-electron chi connectivity index (χ1n) is 14.2. The summed E-state index contributed by atoms with van der Waals surface area (Å²) in [4.78, 5) is 29.1. The highest BCUT2D eigenvalue weighted by Crippen LogP contribution is 2.26. The summed E-state index contributed by atoms with van der Waals surface area (Å²) >= 11 is 3.49. The molecule has 1 fully saturated rings. The number of aryl methyl sites for hydroxylation is 1. The Hall–Kier alpha value is -3.17. The number of anilines is 1. The molecule has 218 valence electrons. The van der Waals surface area contributed by atoms with Crippen LogP contribution in [0.15, 0.2) is 88.2 Å². The summed E-state index contributed by atoms with van der Waals surface area (Å²) in [6.07, 6.45) is 5.97. The molecule has 0 aliphatic heterocycles. The fourth-order valence-electron chi connectivity index (χ4n) is 5.13. The molecule has 41 heavy (non-hydrogen) atoms. The third-order valence-corrected chi connectivity index (χ3v) is 9.88. The predicted octanol–water partition coefficient (Wildman–Crippen LogP) is 6.07. The van der Waals surface area contributed by atoms with Crippen molar-refractivity contribution in [3.05, 3.63) is 94.5 Å². The summed E-state index contributed by atoms with van der Waals surface area (Å²) in [6, 6.07) is 22.1. The molecule has 3 aromatic rings. The van der Waals surface area contributed by atoms with Crippen molar-refractivity contribution in [1.82, 2.24) is 10.2 Å². The van der Waals surface area contributed by atoms with Crippen LogP contribution >= 0.6 is 15.9 Å². The van der Waals surface area contributed by atoms with Gasteiger partial charge < -0.3 is 10.2 Å². The number of benzene rings is 3. The molecule has 0 saturated heterocycles. The highest BCUT2D eigenvalue weighted by molar-refractivity contribution is 9.10. The Morgan fingerprint density at radius 1 is 0.927 bits per heavy atom. The zero-order valence-electron chi connectivity index (χ0n) is 23.6. The Morgan fingerprint density at radius 3 is 2.24 bits per heavy atom. The molecule has 4 rings (SSSR count). The van der Waals surface area contributed by atoms with Crippen molar-refractivity contribution >= 4 is 43.5 Å². The number of hydrogen-bond acceptors (Lipinski definition) is 4. The van der Waals surface area contributed by atoms with E-state index in [9.17, 15) is 18.0 Å². The van der Waals surface area contributed by atoms with Crippen molar-refractivity contribution in [2.45, 2.75) is 75.9 Å². The molecule has 0 heterocycles. The van der Waals surface area contributed by atoms with E-state index in [2.05, 4.69) is 21.2 Å². The largest absolute Gasteiger partial charge is 0.352 e. The van der Waals surface area contributed by atoms with Gasteiger partial charge in [0.2, 0.25) is 11.8 Å². The molecule has 9 heteroatoms. The lowest BCUT2D eigenvalue weighted by molar-refractivity contribution is -0.139. The van der Waals surface area contributed by atoms with Crippen LogP contribution in [0.25, 0.3) is 0 Å². The number of carbonyl (C=O) groups excluding carboxylic acids is 2. The lowest BCUT2D eigenvalue weighted by Crippen LogP contribution is -2.53. The maximum atomic E-state index is 14.1. The van der Waals surface area contributed by atoms with Gasteiger partial charge in [-0.2, -0.15) is 0 Å². The minimum Gasteiger partial charge on any atom is -0.352 e. The molecule has 1 aliphatic rings. The van der Waals surface area contributed by atoms with E-state index in [0.29, 0.717) is 5.69 Å². The lowest BCUT2D eigenvalue weighted by Gasteiger charge is -2.33. The van der Waals surface area contributed by atoms with Crippen molar-refractivity contribution in [2.24, 2.45) is 0 Å². The molecule has 1 unspecified atom stereocenters.